The molecule has 2 rings (SSSR count). The maximum absolute atomic E-state index is 12.7. The minimum Gasteiger partial charge on any atom is -0.481 e. The lowest BCUT2D eigenvalue weighted by molar-refractivity contribution is -0.157. The summed E-state index contributed by atoms with van der Waals surface area (Å²) in [6.45, 7) is 9.49. The summed E-state index contributed by atoms with van der Waals surface area (Å²) in [6, 6.07) is 7.95. The van der Waals surface area contributed by atoms with E-state index in [1.165, 1.54) is 5.56 Å². The number of ketones is 1. The van der Waals surface area contributed by atoms with E-state index in [-0.39, 0.29) is 5.78 Å². The van der Waals surface area contributed by atoms with Crippen molar-refractivity contribution in [2.45, 2.75) is 59.3 Å². The van der Waals surface area contributed by atoms with Crippen LogP contribution in [-0.2, 0) is 21.4 Å². The van der Waals surface area contributed by atoms with Gasteiger partial charge in [0.15, 0.2) is 0 Å². The van der Waals surface area contributed by atoms with Crippen molar-refractivity contribution < 1.29 is 14.7 Å². The van der Waals surface area contributed by atoms with E-state index in [0.29, 0.717) is 12.8 Å². The van der Waals surface area contributed by atoms with Crippen molar-refractivity contribution in [2.75, 3.05) is 0 Å². The van der Waals surface area contributed by atoms with Gasteiger partial charge in [-0.05, 0) is 43.2 Å². The van der Waals surface area contributed by atoms with E-state index >= 15 is 0 Å². The van der Waals surface area contributed by atoms with E-state index in [9.17, 15) is 14.7 Å². The Balaban J connectivity index is 2.55. The summed E-state index contributed by atoms with van der Waals surface area (Å²) in [4.78, 5) is 24.7. The van der Waals surface area contributed by atoms with E-state index in [1.54, 1.807) is 6.92 Å². The molecule has 2 atom stereocenters. The van der Waals surface area contributed by atoms with E-state index in [4.69, 9.17) is 0 Å². The van der Waals surface area contributed by atoms with Gasteiger partial charge in [-0.3, -0.25) is 9.59 Å². The van der Waals surface area contributed by atoms with Gasteiger partial charge in [0, 0.05) is 6.42 Å². The molecule has 2 unspecified atom stereocenters. The van der Waals surface area contributed by atoms with Gasteiger partial charge < -0.3 is 5.11 Å². The number of carbonyl (C=O) groups is 2. The first kappa shape index (κ1) is 16.7. The van der Waals surface area contributed by atoms with Crippen molar-refractivity contribution in [3.05, 3.63) is 35.4 Å². The van der Waals surface area contributed by atoms with Crippen LogP contribution in [0, 0.1) is 10.8 Å². The first-order valence-electron chi connectivity index (χ1n) is 7.87. The molecule has 0 amide bonds. The van der Waals surface area contributed by atoms with Gasteiger partial charge in [-0.15, -0.1) is 0 Å². The molecule has 1 aromatic rings. The molecule has 22 heavy (non-hydrogen) atoms. The predicted molar refractivity (Wildman–Crippen MR) is 86.9 cm³/mol. The number of benzene rings is 1. The van der Waals surface area contributed by atoms with Crippen molar-refractivity contribution >= 4 is 11.8 Å². The van der Waals surface area contributed by atoms with Crippen molar-refractivity contribution in [1.29, 1.82) is 0 Å². The summed E-state index contributed by atoms with van der Waals surface area (Å²) in [5.74, 6) is -0.681. The predicted octanol–water partition coefficient (Wildman–Crippen LogP) is 3.99. The molecule has 0 aliphatic heterocycles. The smallest absolute Gasteiger partial charge is 0.309 e. The average Bonchev–Trinajstić information content (AvgIpc) is 2.42. The zero-order valence-electron chi connectivity index (χ0n) is 14.2. The molecule has 0 fully saturated rings. The SMILES string of the molecule is CC1(CC(C)(C(=O)O)C(C)(C)C)C(=O)CCc2ccccc21. The molecule has 3 heteroatoms. The zero-order chi connectivity index (χ0) is 16.8. The Morgan fingerprint density at radius 3 is 2.32 bits per heavy atom. The lowest BCUT2D eigenvalue weighted by atomic mass is 9.56. The molecule has 0 heterocycles. The third-order valence-corrected chi connectivity index (χ3v) is 5.68. The number of carboxylic acid groups (broad SMARTS) is 1. The molecule has 3 nitrogen and oxygen atoms in total. The molecular formula is C19H26O3. The molecule has 1 aliphatic carbocycles. The van der Waals surface area contributed by atoms with Gasteiger partial charge in [0.05, 0.1) is 10.8 Å². The molecule has 1 aromatic carbocycles. The summed E-state index contributed by atoms with van der Waals surface area (Å²) < 4.78 is 0. The minimum atomic E-state index is -0.970. The number of Topliss-reactive ketones (excluding diaryl/α,β-unsaturated/α-hetero) is 1. The molecular weight excluding hydrogens is 276 g/mol. The Hall–Kier alpha value is -1.64. The van der Waals surface area contributed by atoms with Gasteiger partial charge >= 0.3 is 5.97 Å². The highest BCUT2D eigenvalue weighted by Gasteiger charge is 2.52. The Bertz CT molecular complexity index is 611. The van der Waals surface area contributed by atoms with Gasteiger partial charge in [-0.25, -0.2) is 0 Å². The van der Waals surface area contributed by atoms with Crippen LogP contribution in [0.4, 0.5) is 0 Å². The topological polar surface area (TPSA) is 54.4 Å². The second-order valence-corrected chi connectivity index (χ2v) is 7.98. The lowest BCUT2D eigenvalue weighted by Crippen LogP contribution is -2.49. The second kappa shape index (κ2) is 5.22. The standard InChI is InChI=1S/C19H26O3/c1-17(2,3)19(5,16(21)22)12-18(4)14-9-7-6-8-13(14)10-11-15(18)20/h6-9H,10-12H2,1-5H3,(H,21,22). The summed E-state index contributed by atoms with van der Waals surface area (Å²) in [6.07, 6.45) is 1.58. The molecule has 0 saturated heterocycles. The van der Waals surface area contributed by atoms with Crippen LogP contribution in [0.2, 0.25) is 0 Å². The first-order valence-corrected chi connectivity index (χ1v) is 7.87. The number of aliphatic carboxylic acids is 1. The number of hydrogen-bond acceptors (Lipinski definition) is 2. The van der Waals surface area contributed by atoms with Crippen molar-refractivity contribution in [1.82, 2.24) is 0 Å². The Kier molecular flexibility index (Phi) is 3.97. The lowest BCUT2D eigenvalue weighted by Gasteiger charge is -2.45. The van der Waals surface area contributed by atoms with Gasteiger partial charge in [-0.1, -0.05) is 45.0 Å². The average molecular weight is 302 g/mol. The Morgan fingerprint density at radius 1 is 1.18 bits per heavy atom. The highest BCUT2D eigenvalue weighted by atomic mass is 16.4. The minimum absolute atomic E-state index is 0.155. The fraction of sp³-hybridized carbons (Fsp3) is 0.579. The summed E-state index contributed by atoms with van der Waals surface area (Å²) in [7, 11) is 0. The van der Waals surface area contributed by atoms with E-state index in [0.717, 1.165) is 12.0 Å². The molecule has 1 N–H and O–H groups in total. The van der Waals surface area contributed by atoms with Crippen molar-refractivity contribution in [3.63, 3.8) is 0 Å². The Labute approximate surface area is 132 Å². The molecule has 1 aliphatic rings. The normalized spacial score (nSPS) is 24.5. The molecule has 0 saturated carbocycles. The summed E-state index contributed by atoms with van der Waals surface area (Å²) in [5.41, 5.74) is 0.0419. The number of hydrogen-bond donors (Lipinski definition) is 1. The maximum atomic E-state index is 12.7. The third kappa shape index (κ3) is 2.47. The zero-order valence-corrected chi connectivity index (χ0v) is 14.2. The fourth-order valence-corrected chi connectivity index (χ4v) is 3.51. The van der Waals surface area contributed by atoms with E-state index < -0.39 is 22.2 Å². The number of rotatable bonds is 3. The highest BCUT2D eigenvalue weighted by molar-refractivity contribution is 5.93. The van der Waals surface area contributed by atoms with Gasteiger partial charge in [-0.2, -0.15) is 0 Å². The van der Waals surface area contributed by atoms with Crippen LogP contribution < -0.4 is 0 Å². The van der Waals surface area contributed by atoms with Crippen LogP contribution in [0.3, 0.4) is 0 Å². The van der Waals surface area contributed by atoms with Crippen molar-refractivity contribution in [2.24, 2.45) is 10.8 Å². The summed E-state index contributed by atoms with van der Waals surface area (Å²) in [5, 5.41) is 9.84. The fourth-order valence-electron chi connectivity index (χ4n) is 3.51. The van der Waals surface area contributed by atoms with E-state index in [2.05, 4.69) is 6.07 Å². The van der Waals surface area contributed by atoms with Crippen molar-refractivity contribution in [3.8, 4) is 0 Å². The molecule has 120 valence electrons. The van der Waals surface area contributed by atoms with Gasteiger partial charge in [0.2, 0.25) is 0 Å². The summed E-state index contributed by atoms with van der Waals surface area (Å²) >= 11 is 0. The first-order chi connectivity index (χ1) is 10.0. The number of carbonyl (C=O) groups excluding carboxylic acids is 1. The van der Waals surface area contributed by atoms with Gasteiger partial charge in [0.25, 0.3) is 0 Å². The number of fused-ring (bicyclic) bond motifs is 1. The molecule has 0 aromatic heterocycles. The highest BCUT2D eigenvalue weighted by Crippen LogP contribution is 2.50. The van der Waals surface area contributed by atoms with Crippen LogP contribution in [0.15, 0.2) is 24.3 Å². The van der Waals surface area contributed by atoms with E-state index in [1.807, 2.05) is 45.9 Å². The number of carboxylic acids is 1. The Morgan fingerprint density at radius 2 is 1.77 bits per heavy atom. The monoisotopic (exact) mass is 302 g/mol. The van der Waals surface area contributed by atoms with Crippen LogP contribution in [0.25, 0.3) is 0 Å². The van der Waals surface area contributed by atoms with Crippen LogP contribution in [-0.4, -0.2) is 16.9 Å². The second-order valence-electron chi connectivity index (χ2n) is 7.98. The van der Waals surface area contributed by atoms with Gasteiger partial charge in [0.1, 0.15) is 5.78 Å². The number of aryl methyl sites for hydroxylation is 1. The van der Waals surface area contributed by atoms with Crippen LogP contribution in [0.5, 0.6) is 0 Å². The maximum Gasteiger partial charge on any atom is 0.309 e. The van der Waals surface area contributed by atoms with Crippen LogP contribution >= 0.6 is 0 Å². The molecule has 0 radical (unpaired) electrons. The third-order valence-electron chi connectivity index (χ3n) is 5.68. The molecule has 0 bridgehead atoms. The largest absolute Gasteiger partial charge is 0.481 e. The molecule has 0 spiro atoms. The quantitative estimate of drug-likeness (QED) is 0.918. The van der Waals surface area contributed by atoms with Crippen LogP contribution in [0.1, 0.15) is 58.6 Å².